The molecule has 1 aliphatic rings. The number of benzene rings is 2. The van der Waals surface area contributed by atoms with Crippen molar-refractivity contribution in [3.8, 4) is 11.3 Å². The second-order valence-corrected chi connectivity index (χ2v) is 9.42. The number of hydrogen-bond donors (Lipinski definition) is 2. The molecular weight excluding hydrogens is 414 g/mol. The summed E-state index contributed by atoms with van der Waals surface area (Å²) in [7, 11) is 0. The van der Waals surface area contributed by atoms with Crippen LogP contribution >= 0.6 is 0 Å². The Bertz CT molecular complexity index is 1100. The average molecular weight is 446 g/mol. The van der Waals surface area contributed by atoms with Crippen LogP contribution in [0.1, 0.15) is 53.7 Å². The smallest absolute Gasteiger partial charge is 0.289 e. The molecule has 3 aromatic rings. The summed E-state index contributed by atoms with van der Waals surface area (Å²) < 4.78 is 5.86. The van der Waals surface area contributed by atoms with Gasteiger partial charge in [0, 0.05) is 36.4 Å². The largest absolute Gasteiger partial charge is 0.451 e. The Labute approximate surface area is 195 Å². The standard InChI is InChI=1S/C27H31N3O3/c1-27(2,3)21-9-5-20(6-10-21)25(31)29-22-11-7-19(8-12-22)23-13-14-24(33-23)26(32)30-17-4-15-28-16-18-30/h5-14,28H,4,15-18H2,1-3H3,(H,29,31). The first-order valence-electron chi connectivity index (χ1n) is 11.4. The lowest BCUT2D eigenvalue weighted by atomic mass is 9.87. The molecule has 0 saturated carbocycles. The van der Waals surface area contributed by atoms with E-state index in [0.29, 0.717) is 29.3 Å². The zero-order chi connectivity index (χ0) is 23.4. The van der Waals surface area contributed by atoms with Crippen LogP contribution in [0.25, 0.3) is 11.3 Å². The third-order valence-electron chi connectivity index (χ3n) is 5.88. The first-order chi connectivity index (χ1) is 15.8. The molecule has 0 aliphatic carbocycles. The Morgan fingerprint density at radius 2 is 1.64 bits per heavy atom. The fraction of sp³-hybridized carbons (Fsp3) is 0.333. The number of furan rings is 1. The summed E-state index contributed by atoms with van der Waals surface area (Å²) in [6, 6.07) is 18.7. The Hall–Kier alpha value is -3.38. The highest BCUT2D eigenvalue weighted by Gasteiger charge is 2.20. The fourth-order valence-corrected chi connectivity index (χ4v) is 3.86. The van der Waals surface area contributed by atoms with Crippen LogP contribution in [0, 0.1) is 0 Å². The molecule has 0 spiro atoms. The molecule has 1 fully saturated rings. The lowest BCUT2D eigenvalue weighted by Gasteiger charge is -2.19. The summed E-state index contributed by atoms with van der Waals surface area (Å²) in [4.78, 5) is 27.2. The van der Waals surface area contributed by atoms with Crippen LogP contribution in [-0.2, 0) is 5.41 Å². The predicted molar refractivity (Wildman–Crippen MR) is 131 cm³/mol. The minimum absolute atomic E-state index is 0.0471. The number of hydrogen-bond acceptors (Lipinski definition) is 4. The minimum Gasteiger partial charge on any atom is -0.451 e. The molecule has 0 radical (unpaired) electrons. The lowest BCUT2D eigenvalue weighted by Crippen LogP contribution is -2.33. The van der Waals surface area contributed by atoms with E-state index in [9.17, 15) is 9.59 Å². The highest BCUT2D eigenvalue weighted by Crippen LogP contribution is 2.26. The number of carbonyl (C=O) groups excluding carboxylic acids is 2. The summed E-state index contributed by atoms with van der Waals surface area (Å²) in [5.74, 6) is 0.747. The van der Waals surface area contributed by atoms with E-state index in [4.69, 9.17) is 4.42 Å². The van der Waals surface area contributed by atoms with E-state index in [1.165, 1.54) is 5.56 Å². The van der Waals surface area contributed by atoms with Crippen molar-refractivity contribution in [3.63, 3.8) is 0 Å². The van der Waals surface area contributed by atoms with E-state index >= 15 is 0 Å². The fourth-order valence-electron chi connectivity index (χ4n) is 3.86. The number of nitrogens with zero attached hydrogens (tertiary/aromatic N) is 1. The number of carbonyl (C=O) groups is 2. The zero-order valence-corrected chi connectivity index (χ0v) is 19.5. The van der Waals surface area contributed by atoms with Gasteiger partial charge in [-0.05, 0) is 72.5 Å². The maximum Gasteiger partial charge on any atom is 0.289 e. The quantitative estimate of drug-likeness (QED) is 0.597. The first kappa shape index (κ1) is 22.8. The van der Waals surface area contributed by atoms with E-state index in [0.717, 1.165) is 31.6 Å². The van der Waals surface area contributed by atoms with E-state index in [-0.39, 0.29) is 17.2 Å². The summed E-state index contributed by atoms with van der Waals surface area (Å²) in [6.07, 6.45) is 0.938. The molecule has 33 heavy (non-hydrogen) atoms. The van der Waals surface area contributed by atoms with Gasteiger partial charge >= 0.3 is 0 Å². The maximum absolute atomic E-state index is 12.7. The summed E-state index contributed by atoms with van der Waals surface area (Å²) in [6.45, 7) is 9.58. The molecule has 2 amide bonds. The van der Waals surface area contributed by atoms with Gasteiger partial charge in [0.05, 0.1) is 0 Å². The second kappa shape index (κ2) is 9.63. The molecule has 1 aromatic heterocycles. The predicted octanol–water partition coefficient (Wildman–Crippen LogP) is 4.93. The van der Waals surface area contributed by atoms with Gasteiger partial charge in [0.2, 0.25) is 0 Å². The lowest BCUT2D eigenvalue weighted by molar-refractivity contribution is 0.0735. The van der Waals surface area contributed by atoms with Crippen LogP contribution in [0.3, 0.4) is 0 Å². The van der Waals surface area contributed by atoms with Gasteiger partial charge in [-0.1, -0.05) is 32.9 Å². The Balaban J connectivity index is 1.40. The number of rotatable bonds is 4. The Kier molecular flexibility index (Phi) is 6.65. The Morgan fingerprint density at radius 3 is 2.33 bits per heavy atom. The topological polar surface area (TPSA) is 74.6 Å². The van der Waals surface area contributed by atoms with Gasteiger partial charge in [-0.25, -0.2) is 0 Å². The molecule has 2 aromatic carbocycles. The van der Waals surface area contributed by atoms with Crippen molar-refractivity contribution >= 4 is 17.5 Å². The minimum atomic E-state index is -0.152. The highest BCUT2D eigenvalue weighted by molar-refractivity contribution is 6.04. The second-order valence-electron chi connectivity index (χ2n) is 9.42. The molecule has 0 bridgehead atoms. The van der Waals surface area contributed by atoms with Gasteiger partial charge < -0.3 is 20.0 Å². The molecule has 0 atom stereocenters. The maximum atomic E-state index is 12.7. The monoisotopic (exact) mass is 445 g/mol. The van der Waals surface area contributed by atoms with Gasteiger partial charge in [0.1, 0.15) is 5.76 Å². The van der Waals surface area contributed by atoms with E-state index in [1.807, 2.05) is 59.5 Å². The van der Waals surface area contributed by atoms with Crippen LogP contribution in [0.15, 0.2) is 65.1 Å². The third kappa shape index (κ3) is 5.52. The molecule has 2 heterocycles. The van der Waals surface area contributed by atoms with Crippen LogP contribution < -0.4 is 10.6 Å². The van der Waals surface area contributed by atoms with Gasteiger partial charge in [-0.3, -0.25) is 9.59 Å². The molecule has 6 heteroatoms. The van der Waals surface area contributed by atoms with Crippen LogP contribution in [-0.4, -0.2) is 42.9 Å². The summed E-state index contributed by atoms with van der Waals surface area (Å²) >= 11 is 0. The number of anilines is 1. The highest BCUT2D eigenvalue weighted by atomic mass is 16.4. The number of amides is 2. The van der Waals surface area contributed by atoms with Crippen molar-refractivity contribution in [2.75, 3.05) is 31.5 Å². The van der Waals surface area contributed by atoms with Crippen molar-refractivity contribution in [2.24, 2.45) is 0 Å². The van der Waals surface area contributed by atoms with Crippen molar-refractivity contribution in [1.82, 2.24) is 10.2 Å². The molecular formula is C27H31N3O3. The Morgan fingerprint density at radius 1 is 0.909 bits per heavy atom. The SMILES string of the molecule is CC(C)(C)c1ccc(C(=O)Nc2ccc(-c3ccc(C(=O)N4CCCNCC4)o3)cc2)cc1. The van der Waals surface area contributed by atoms with Crippen molar-refractivity contribution < 1.29 is 14.0 Å². The van der Waals surface area contributed by atoms with E-state index < -0.39 is 0 Å². The normalized spacial score (nSPS) is 14.6. The van der Waals surface area contributed by atoms with Crippen LogP contribution in [0.5, 0.6) is 0 Å². The van der Waals surface area contributed by atoms with Crippen molar-refractivity contribution in [3.05, 3.63) is 77.6 Å². The summed E-state index contributed by atoms with van der Waals surface area (Å²) in [5.41, 5.74) is 3.39. The van der Waals surface area contributed by atoms with Gasteiger partial charge in [0.15, 0.2) is 5.76 Å². The third-order valence-corrected chi connectivity index (χ3v) is 5.88. The first-order valence-corrected chi connectivity index (χ1v) is 11.4. The molecule has 1 saturated heterocycles. The number of nitrogens with one attached hydrogen (secondary N) is 2. The van der Waals surface area contributed by atoms with Crippen LogP contribution in [0.2, 0.25) is 0 Å². The average Bonchev–Trinajstić information content (AvgIpc) is 3.14. The molecule has 6 nitrogen and oxygen atoms in total. The van der Waals surface area contributed by atoms with Gasteiger partial charge in [0.25, 0.3) is 11.8 Å². The molecule has 2 N–H and O–H groups in total. The van der Waals surface area contributed by atoms with E-state index in [1.54, 1.807) is 6.07 Å². The van der Waals surface area contributed by atoms with Gasteiger partial charge in [-0.15, -0.1) is 0 Å². The summed E-state index contributed by atoms with van der Waals surface area (Å²) in [5, 5.41) is 6.23. The van der Waals surface area contributed by atoms with Crippen molar-refractivity contribution in [2.45, 2.75) is 32.6 Å². The molecule has 172 valence electrons. The van der Waals surface area contributed by atoms with Crippen LogP contribution in [0.4, 0.5) is 5.69 Å². The zero-order valence-electron chi connectivity index (χ0n) is 19.5. The van der Waals surface area contributed by atoms with E-state index in [2.05, 4.69) is 31.4 Å². The molecule has 1 aliphatic heterocycles. The molecule has 4 rings (SSSR count). The van der Waals surface area contributed by atoms with Gasteiger partial charge in [-0.2, -0.15) is 0 Å². The van der Waals surface area contributed by atoms with Crippen molar-refractivity contribution in [1.29, 1.82) is 0 Å². The molecule has 0 unspecified atom stereocenters.